The Balaban J connectivity index is 3.34. The maximum absolute atomic E-state index is 12.3. The molecular formula is C10H10F3NO2. The number of nitrogens with zero attached hydrogens (tertiary/aromatic N) is 1. The molecule has 0 aliphatic rings. The van der Waals surface area contributed by atoms with Gasteiger partial charge in [0.2, 0.25) is 0 Å². The molecule has 0 fully saturated rings. The third kappa shape index (κ3) is 2.50. The van der Waals surface area contributed by atoms with Crippen LogP contribution in [0, 0.1) is 0 Å². The van der Waals surface area contributed by atoms with Gasteiger partial charge in [-0.3, -0.25) is 4.98 Å². The fraction of sp³-hybridized carbons (Fsp3) is 0.400. The standard InChI is InChI=1S/C10H10F3NO2/c1-5(2)8-7(9(15)16)3-6(4-14-8)10(11,12)13/h3-5H,1-2H3,(H,15,16). The SMILES string of the molecule is CC(C)c1ncc(C(F)(F)F)cc1C(=O)O. The number of aromatic nitrogens is 1. The smallest absolute Gasteiger partial charge is 0.417 e. The Morgan fingerprint density at radius 3 is 2.38 bits per heavy atom. The van der Waals surface area contributed by atoms with E-state index in [1.54, 1.807) is 13.8 Å². The lowest BCUT2D eigenvalue weighted by atomic mass is 10.0. The summed E-state index contributed by atoms with van der Waals surface area (Å²) in [6.45, 7) is 3.34. The molecule has 0 bridgehead atoms. The first-order valence-electron chi connectivity index (χ1n) is 4.54. The van der Waals surface area contributed by atoms with E-state index in [4.69, 9.17) is 5.11 Å². The Labute approximate surface area is 89.9 Å². The van der Waals surface area contributed by atoms with E-state index < -0.39 is 23.3 Å². The summed E-state index contributed by atoms with van der Waals surface area (Å²) >= 11 is 0. The Bertz CT molecular complexity index is 413. The minimum Gasteiger partial charge on any atom is -0.478 e. The number of halogens is 3. The monoisotopic (exact) mass is 233 g/mol. The van der Waals surface area contributed by atoms with Crippen LogP contribution >= 0.6 is 0 Å². The van der Waals surface area contributed by atoms with Gasteiger partial charge in [-0.1, -0.05) is 13.8 Å². The predicted molar refractivity (Wildman–Crippen MR) is 50.3 cm³/mol. The van der Waals surface area contributed by atoms with Crippen LogP contribution in [-0.2, 0) is 6.18 Å². The van der Waals surface area contributed by atoms with Gasteiger partial charge in [-0.05, 0) is 12.0 Å². The van der Waals surface area contributed by atoms with E-state index in [9.17, 15) is 18.0 Å². The lowest BCUT2D eigenvalue weighted by Crippen LogP contribution is -2.12. The summed E-state index contributed by atoms with van der Waals surface area (Å²) in [6.07, 6.45) is -3.92. The molecule has 0 saturated heterocycles. The molecule has 88 valence electrons. The summed E-state index contributed by atoms with van der Waals surface area (Å²) in [6, 6.07) is 0.616. The second kappa shape index (κ2) is 4.11. The van der Waals surface area contributed by atoms with Gasteiger partial charge >= 0.3 is 12.1 Å². The van der Waals surface area contributed by atoms with E-state index in [1.807, 2.05) is 0 Å². The molecule has 0 spiro atoms. The highest BCUT2D eigenvalue weighted by Gasteiger charge is 2.32. The lowest BCUT2D eigenvalue weighted by Gasteiger charge is -2.12. The molecule has 3 nitrogen and oxygen atoms in total. The predicted octanol–water partition coefficient (Wildman–Crippen LogP) is 2.92. The van der Waals surface area contributed by atoms with Crippen molar-refractivity contribution in [2.24, 2.45) is 0 Å². The zero-order valence-electron chi connectivity index (χ0n) is 8.67. The van der Waals surface area contributed by atoms with E-state index in [0.29, 0.717) is 12.3 Å². The van der Waals surface area contributed by atoms with Crippen LogP contribution in [0.3, 0.4) is 0 Å². The number of hydrogen-bond donors (Lipinski definition) is 1. The van der Waals surface area contributed by atoms with Crippen molar-refractivity contribution in [1.82, 2.24) is 4.98 Å². The summed E-state index contributed by atoms with van der Waals surface area (Å²) in [7, 11) is 0. The van der Waals surface area contributed by atoms with Gasteiger partial charge in [-0.2, -0.15) is 13.2 Å². The highest BCUT2D eigenvalue weighted by Crippen LogP contribution is 2.30. The van der Waals surface area contributed by atoms with Gasteiger partial charge < -0.3 is 5.11 Å². The van der Waals surface area contributed by atoms with Crippen molar-refractivity contribution < 1.29 is 23.1 Å². The van der Waals surface area contributed by atoms with Gasteiger partial charge in [-0.15, -0.1) is 0 Å². The molecule has 0 aliphatic carbocycles. The highest BCUT2D eigenvalue weighted by atomic mass is 19.4. The average Bonchev–Trinajstić information content (AvgIpc) is 2.15. The largest absolute Gasteiger partial charge is 0.478 e. The third-order valence-corrected chi connectivity index (χ3v) is 2.02. The molecule has 1 heterocycles. The topological polar surface area (TPSA) is 50.2 Å². The van der Waals surface area contributed by atoms with Gasteiger partial charge in [0.25, 0.3) is 0 Å². The molecule has 0 atom stereocenters. The summed E-state index contributed by atoms with van der Waals surface area (Å²) in [4.78, 5) is 14.4. The number of aromatic carboxylic acids is 1. The molecule has 0 radical (unpaired) electrons. The van der Waals surface area contributed by atoms with E-state index in [0.717, 1.165) is 0 Å². The Kier molecular flexibility index (Phi) is 3.21. The molecule has 0 saturated carbocycles. The number of rotatable bonds is 2. The highest BCUT2D eigenvalue weighted by molar-refractivity contribution is 5.89. The van der Waals surface area contributed by atoms with Crippen LogP contribution in [-0.4, -0.2) is 16.1 Å². The van der Waals surface area contributed by atoms with E-state index >= 15 is 0 Å². The average molecular weight is 233 g/mol. The van der Waals surface area contributed by atoms with Gasteiger partial charge in [0.1, 0.15) is 0 Å². The van der Waals surface area contributed by atoms with Crippen molar-refractivity contribution in [1.29, 1.82) is 0 Å². The summed E-state index contributed by atoms with van der Waals surface area (Å²) in [5.74, 6) is -1.64. The molecule has 1 N–H and O–H groups in total. The molecule has 0 aliphatic heterocycles. The first-order chi connectivity index (χ1) is 7.23. The van der Waals surface area contributed by atoms with Crippen LogP contribution in [0.2, 0.25) is 0 Å². The number of carboxylic acids is 1. The fourth-order valence-corrected chi connectivity index (χ4v) is 1.26. The van der Waals surface area contributed by atoms with Crippen molar-refractivity contribution in [2.75, 3.05) is 0 Å². The number of alkyl halides is 3. The minimum absolute atomic E-state index is 0.153. The van der Waals surface area contributed by atoms with Crippen LogP contribution in [0.25, 0.3) is 0 Å². The van der Waals surface area contributed by atoms with E-state index in [1.165, 1.54) is 0 Å². The maximum Gasteiger partial charge on any atom is 0.417 e. The molecule has 1 rings (SSSR count). The fourth-order valence-electron chi connectivity index (χ4n) is 1.26. The molecule has 16 heavy (non-hydrogen) atoms. The van der Waals surface area contributed by atoms with Gasteiger partial charge in [0.05, 0.1) is 16.8 Å². The van der Waals surface area contributed by atoms with Crippen LogP contribution in [0.1, 0.15) is 41.4 Å². The van der Waals surface area contributed by atoms with E-state index in [2.05, 4.69) is 4.98 Å². The number of hydrogen-bond acceptors (Lipinski definition) is 2. The summed E-state index contributed by atoms with van der Waals surface area (Å²) < 4.78 is 37.0. The second-order valence-electron chi connectivity index (χ2n) is 3.61. The van der Waals surface area contributed by atoms with Crippen LogP contribution in [0.15, 0.2) is 12.3 Å². The normalized spacial score (nSPS) is 11.9. The zero-order chi connectivity index (χ0) is 12.5. The molecule has 0 amide bonds. The molecule has 6 heteroatoms. The summed E-state index contributed by atoms with van der Waals surface area (Å²) in [5, 5.41) is 8.80. The van der Waals surface area contributed by atoms with Gasteiger partial charge in [-0.25, -0.2) is 4.79 Å². The third-order valence-electron chi connectivity index (χ3n) is 2.02. The Hall–Kier alpha value is -1.59. The zero-order valence-corrected chi connectivity index (χ0v) is 8.67. The maximum atomic E-state index is 12.3. The summed E-state index contributed by atoms with van der Waals surface area (Å²) in [5.41, 5.74) is -1.29. The molecular weight excluding hydrogens is 223 g/mol. The number of carbonyl (C=O) groups is 1. The Morgan fingerprint density at radius 1 is 1.44 bits per heavy atom. The number of carboxylic acid groups (broad SMARTS) is 1. The number of pyridine rings is 1. The van der Waals surface area contributed by atoms with Crippen molar-refractivity contribution in [3.8, 4) is 0 Å². The van der Waals surface area contributed by atoms with Crippen molar-refractivity contribution >= 4 is 5.97 Å². The van der Waals surface area contributed by atoms with Crippen LogP contribution < -0.4 is 0 Å². The van der Waals surface area contributed by atoms with Gasteiger partial charge in [0.15, 0.2) is 0 Å². The van der Waals surface area contributed by atoms with Gasteiger partial charge in [0, 0.05) is 6.20 Å². The first kappa shape index (κ1) is 12.5. The molecule has 0 aromatic carbocycles. The van der Waals surface area contributed by atoms with Crippen molar-refractivity contribution in [3.05, 3.63) is 29.1 Å². The second-order valence-corrected chi connectivity index (χ2v) is 3.61. The minimum atomic E-state index is -4.58. The molecule has 1 aromatic heterocycles. The Morgan fingerprint density at radius 2 is 2.00 bits per heavy atom. The van der Waals surface area contributed by atoms with E-state index in [-0.39, 0.29) is 11.6 Å². The lowest BCUT2D eigenvalue weighted by molar-refractivity contribution is -0.137. The molecule has 1 aromatic rings. The first-order valence-corrected chi connectivity index (χ1v) is 4.54. The van der Waals surface area contributed by atoms with Crippen molar-refractivity contribution in [2.45, 2.75) is 25.9 Å². The quantitative estimate of drug-likeness (QED) is 0.854. The van der Waals surface area contributed by atoms with Crippen molar-refractivity contribution in [3.63, 3.8) is 0 Å². The van der Waals surface area contributed by atoms with Crippen LogP contribution in [0.5, 0.6) is 0 Å². The molecule has 0 unspecified atom stereocenters. The van der Waals surface area contributed by atoms with Crippen LogP contribution in [0.4, 0.5) is 13.2 Å².